The van der Waals surface area contributed by atoms with Gasteiger partial charge in [0.15, 0.2) is 6.23 Å². The molecule has 68 valence electrons. The molecule has 5 nitrogen and oxygen atoms in total. The minimum atomic E-state index is -0.415. The number of hydroxylamine groups is 2. The van der Waals surface area contributed by atoms with Crippen molar-refractivity contribution in [3.63, 3.8) is 0 Å². The summed E-state index contributed by atoms with van der Waals surface area (Å²) < 4.78 is 0. The highest BCUT2D eigenvalue weighted by atomic mass is 16.8. The maximum atomic E-state index is 10.3. The monoisotopic (exact) mass is 180 g/mol. The van der Waals surface area contributed by atoms with Gasteiger partial charge < -0.3 is 0 Å². The van der Waals surface area contributed by atoms with Gasteiger partial charge >= 0.3 is 0 Å². The summed E-state index contributed by atoms with van der Waals surface area (Å²) in [5.41, 5.74) is 1.04. The molecule has 1 aromatic carbocycles. The van der Waals surface area contributed by atoms with Crippen LogP contribution < -0.4 is 0 Å². The largest absolute Gasteiger partial charge is 0.270 e. The molecule has 13 heavy (non-hydrogen) atoms. The van der Waals surface area contributed by atoms with Gasteiger partial charge in [-0.2, -0.15) is 5.06 Å². The topological polar surface area (TPSA) is 58.7 Å². The van der Waals surface area contributed by atoms with Crippen LogP contribution in [0.15, 0.2) is 24.3 Å². The molecule has 2 atom stereocenters. The van der Waals surface area contributed by atoms with Gasteiger partial charge in [0.05, 0.1) is 4.92 Å². The molecule has 1 aliphatic rings. The first-order chi connectivity index (χ1) is 6.18. The number of non-ortho nitro benzene ring substituents is 1. The van der Waals surface area contributed by atoms with E-state index in [0.717, 1.165) is 5.56 Å². The van der Waals surface area contributed by atoms with Gasteiger partial charge in [0.1, 0.15) is 0 Å². The van der Waals surface area contributed by atoms with Crippen LogP contribution in [-0.4, -0.2) is 17.0 Å². The first-order valence-electron chi connectivity index (χ1n) is 3.82. The Morgan fingerprint density at radius 3 is 2.38 bits per heavy atom. The van der Waals surface area contributed by atoms with Crippen molar-refractivity contribution in [2.75, 3.05) is 7.05 Å². The molecule has 0 N–H and O–H groups in total. The van der Waals surface area contributed by atoms with Crippen molar-refractivity contribution in [1.82, 2.24) is 5.06 Å². The molecule has 0 aliphatic carbocycles. The van der Waals surface area contributed by atoms with Crippen LogP contribution in [0.25, 0.3) is 0 Å². The van der Waals surface area contributed by atoms with Crippen molar-refractivity contribution in [2.45, 2.75) is 6.23 Å². The summed E-state index contributed by atoms with van der Waals surface area (Å²) in [4.78, 5) is 15.0. The minimum absolute atomic E-state index is 0.0270. The molecule has 0 aromatic heterocycles. The summed E-state index contributed by atoms with van der Waals surface area (Å²) in [5, 5.41) is 12.0. The van der Waals surface area contributed by atoms with Crippen LogP contribution in [0.5, 0.6) is 0 Å². The van der Waals surface area contributed by atoms with E-state index in [2.05, 4.69) is 0 Å². The van der Waals surface area contributed by atoms with E-state index < -0.39 is 4.92 Å². The lowest BCUT2D eigenvalue weighted by atomic mass is 10.2. The minimum Gasteiger partial charge on any atom is -0.270 e. The smallest absolute Gasteiger partial charge is 0.269 e. The second kappa shape index (κ2) is 2.79. The summed E-state index contributed by atoms with van der Waals surface area (Å²) >= 11 is 0. The van der Waals surface area contributed by atoms with Gasteiger partial charge in [-0.3, -0.25) is 15.0 Å². The van der Waals surface area contributed by atoms with Gasteiger partial charge in [0, 0.05) is 24.7 Å². The number of hydrogen-bond donors (Lipinski definition) is 0. The van der Waals surface area contributed by atoms with E-state index in [0.29, 0.717) is 0 Å². The number of nitro benzene ring substituents is 1. The summed E-state index contributed by atoms with van der Waals surface area (Å²) in [7, 11) is 1.81. The van der Waals surface area contributed by atoms with Crippen LogP contribution in [0.4, 0.5) is 5.69 Å². The van der Waals surface area contributed by atoms with Crippen molar-refractivity contribution < 1.29 is 9.76 Å². The Kier molecular flexibility index (Phi) is 1.75. The predicted octanol–water partition coefficient (Wildman–Crippen LogP) is 1.47. The Bertz CT molecular complexity index is 336. The molecule has 0 saturated carbocycles. The first kappa shape index (κ1) is 8.15. The quantitative estimate of drug-likeness (QED) is 0.393. The summed E-state index contributed by atoms with van der Waals surface area (Å²) in [6, 6.07) is 6.36. The van der Waals surface area contributed by atoms with Gasteiger partial charge in [-0.1, -0.05) is 0 Å². The number of rotatable bonds is 2. The zero-order chi connectivity index (χ0) is 9.42. The first-order valence-corrected chi connectivity index (χ1v) is 3.82. The fourth-order valence-corrected chi connectivity index (χ4v) is 1.16. The van der Waals surface area contributed by atoms with Crippen LogP contribution in [0, 0.1) is 10.1 Å². The average Bonchev–Trinajstić information content (AvgIpc) is 2.83. The highest BCUT2D eigenvalue weighted by Crippen LogP contribution is 2.34. The van der Waals surface area contributed by atoms with Crippen LogP contribution in [0.1, 0.15) is 11.8 Å². The molecule has 0 bridgehead atoms. The Morgan fingerprint density at radius 1 is 1.46 bits per heavy atom. The summed E-state index contributed by atoms with van der Waals surface area (Å²) in [6.07, 6.45) is -0.0270. The second-order valence-corrected chi connectivity index (χ2v) is 2.85. The highest BCUT2D eigenvalue weighted by molar-refractivity contribution is 5.34. The van der Waals surface area contributed by atoms with Crippen molar-refractivity contribution in [3.8, 4) is 0 Å². The molecule has 1 saturated heterocycles. The molecular weight excluding hydrogens is 172 g/mol. The predicted molar refractivity (Wildman–Crippen MR) is 44.7 cm³/mol. The van der Waals surface area contributed by atoms with Crippen molar-refractivity contribution in [2.24, 2.45) is 0 Å². The third-order valence-corrected chi connectivity index (χ3v) is 1.94. The molecular formula is C8H8N2O3. The van der Waals surface area contributed by atoms with E-state index in [-0.39, 0.29) is 11.9 Å². The van der Waals surface area contributed by atoms with E-state index in [1.807, 2.05) is 7.05 Å². The molecule has 1 aromatic rings. The van der Waals surface area contributed by atoms with E-state index >= 15 is 0 Å². The summed E-state index contributed by atoms with van der Waals surface area (Å²) in [5.74, 6) is 0. The van der Waals surface area contributed by atoms with Crippen LogP contribution in [0.2, 0.25) is 0 Å². The number of hydrogen-bond acceptors (Lipinski definition) is 4. The van der Waals surface area contributed by atoms with Crippen molar-refractivity contribution >= 4 is 5.69 Å². The zero-order valence-corrected chi connectivity index (χ0v) is 7.01. The fraction of sp³-hybridized carbons (Fsp3) is 0.250. The van der Waals surface area contributed by atoms with Gasteiger partial charge in [-0.15, -0.1) is 0 Å². The molecule has 0 spiro atoms. The van der Waals surface area contributed by atoms with E-state index in [1.165, 1.54) is 12.1 Å². The van der Waals surface area contributed by atoms with Gasteiger partial charge in [-0.25, -0.2) is 0 Å². The van der Waals surface area contributed by atoms with Gasteiger partial charge in [-0.05, 0) is 12.1 Å². The van der Waals surface area contributed by atoms with E-state index in [9.17, 15) is 10.1 Å². The highest BCUT2D eigenvalue weighted by Gasteiger charge is 2.33. The fourth-order valence-electron chi connectivity index (χ4n) is 1.16. The maximum Gasteiger partial charge on any atom is 0.269 e. The van der Waals surface area contributed by atoms with E-state index in [1.54, 1.807) is 17.2 Å². The molecule has 1 unspecified atom stereocenters. The lowest BCUT2D eigenvalue weighted by molar-refractivity contribution is -0.384. The van der Waals surface area contributed by atoms with E-state index in [4.69, 9.17) is 4.84 Å². The standard InChI is InChI=1S/C8H8N2O3/c1-9-8(13-9)6-2-4-7(5-3-6)10(11)12/h2-5,8H,1H3/t8-,9?/m0/s1. The zero-order valence-electron chi connectivity index (χ0n) is 7.01. The summed E-state index contributed by atoms with van der Waals surface area (Å²) in [6.45, 7) is 0. The van der Waals surface area contributed by atoms with Gasteiger partial charge in [0.2, 0.25) is 0 Å². The number of nitro groups is 1. The third-order valence-electron chi connectivity index (χ3n) is 1.94. The molecule has 0 radical (unpaired) electrons. The number of benzene rings is 1. The van der Waals surface area contributed by atoms with Crippen LogP contribution in [0.3, 0.4) is 0 Å². The SMILES string of the molecule is CN1O[C@H]1c1ccc([N+](=O)[O-])cc1. The average molecular weight is 180 g/mol. The van der Waals surface area contributed by atoms with Crippen LogP contribution >= 0.6 is 0 Å². The molecule has 2 rings (SSSR count). The van der Waals surface area contributed by atoms with Crippen LogP contribution in [-0.2, 0) is 4.84 Å². The van der Waals surface area contributed by atoms with Gasteiger partial charge in [0.25, 0.3) is 5.69 Å². The molecule has 5 heteroatoms. The molecule has 0 amide bonds. The van der Waals surface area contributed by atoms with Crippen molar-refractivity contribution in [1.29, 1.82) is 0 Å². The Balaban J connectivity index is 2.19. The third kappa shape index (κ3) is 1.51. The molecule has 1 aliphatic heterocycles. The van der Waals surface area contributed by atoms with Crippen molar-refractivity contribution in [3.05, 3.63) is 39.9 Å². The Labute approximate surface area is 74.6 Å². The maximum absolute atomic E-state index is 10.3. The number of nitrogens with zero attached hydrogens (tertiary/aromatic N) is 2. The lowest BCUT2D eigenvalue weighted by Gasteiger charge is -1.93. The lowest BCUT2D eigenvalue weighted by Crippen LogP contribution is -1.90. The molecule has 1 heterocycles. The Hall–Kier alpha value is -1.46. The Morgan fingerprint density at radius 2 is 2.00 bits per heavy atom. The normalized spacial score (nSPS) is 25.6. The molecule has 1 fully saturated rings. The second-order valence-electron chi connectivity index (χ2n) is 2.85.